The van der Waals surface area contributed by atoms with Crippen LogP contribution >= 0.6 is 11.6 Å². The minimum absolute atomic E-state index is 0.0951. The molecule has 1 saturated heterocycles. The average molecular weight is 270 g/mol. The Balaban J connectivity index is 2.05. The molecule has 0 bridgehead atoms. The van der Waals surface area contributed by atoms with Gasteiger partial charge in [0, 0.05) is 26.0 Å². The third-order valence-electron chi connectivity index (χ3n) is 3.63. The first kappa shape index (κ1) is 13.4. The molecule has 1 aliphatic heterocycles. The van der Waals surface area contributed by atoms with Crippen LogP contribution in [0.5, 0.6) is 0 Å². The summed E-state index contributed by atoms with van der Waals surface area (Å²) in [5.74, 6) is 1.36. The summed E-state index contributed by atoms with van der Waals surface area (Å²) in [5.41, 5.74) is 1.66. The van der Waals surface area contributed by atoms with Crippen LogP contribution < -0.4 is 0 Å². The summed E-state index contributed by atoms with van der Waals surface area (Å²) < 4.78 is 1.69. The summed E-state index contributed by atoms with van der Waals surface area (Å²) >= 11 is 5.85. The van der Waals surface area contributed by atoms with E-state index in [9.17, 15) is 4.79 Å². The van der Waals surface area contributed by atoms with Gasteiger partial charge in [-0.3, -0.25) is 9.48 Å². The Morgan fingerprint density at radius 3 is 2.67 bits per heavy atom. The van der Waals surface area contributed by atoms with Crippen LogP contribution in [-0.4, -0.2) is 39.6 Å². The van der Waals surface area contributed by atoms with Crippen LogP contribution in [0.3, 0.4) is 0 Å². The van der Waals surface area contributed by atoms with Crippen LogP contribution in [0.25, 0.3) is 0 Å². The SMILES string of the molecule is CCc1cc(C(=O)N2CCC(CCl)CC2)n(C)n1. The number of aryl methyl sites for hydroxylation is 2. The Morgan fingerprint density at radius 1 is 1.50 bits per heavy atom. The van der Waals surface area contributed by atoms with Crippen LogP contribution in [0.1, 0.15) is 35.9 Å². The van der Waals surface area contributed by atoms with E-state index in [0.717, 1.165) is 38.0 Å². The van der Waals surface area contributed by atoms with Crippen LogP contribution in [0.4, 0.5) is 0 Å². The fourth-order valence-corrected chi connectivity index (χ4v) is 2.66. The number of carbonyl (C=O) groups is 1. The normalized spacial score (nSPS) is 17.2. The predicted molar refractivity (Wildman–Crippen MR) is 71.9 cm³/mol. The number of halogens is 1. The number of alkyl halides is 1. The second-order valence-electron chi connectivity index (χ2n) is 4.89. The molecule has 1 aromatic rings. The molecule has 2 heterocycles. The van der Waals surface area contributed by atoms with Gasteiger partial charge in [-0.1, -0.05) is 6.92 Å². The van der Waals surface area contributed by atoms with E-state index in [0.29, 0.717) is 17.5 Å². The molecule has 0 N–H and O–H groups in total. The molecule has 1 aromatic heterocycles. The van der Waals surface area contributed by atoms with Gasteiger partial charge in [-0.15, -0.1) is 11.6 Å². The van der Waals surface area contributed by atoms with Crippen LogP contribution in [-0.2, 0) is 13.5 Å². The second kappa shape index (κ2) is 5.74. The molecular weight excluding hydrogens is 250 g/mol. The predicted octanol–water partition coefficient (Wildman–Crippen LogP) is 2.07. The molecule has 5 heteroatoms. The third-order valence-corrected chi connectivity index (χ3v) is 4.07. The van der Waals surface area contributed by atoms with Gasteiger partial charge in [-0.05, 0) is 31.2 Å². The lowest BCUT2D eigenvalue weighted by molar-refractivity contribution is 0.0687. The zero-order chi connectivity index (χ0) is 13.1. The number of aromatic nitrogens is 2. The summed E-state index contributed by atoms with van der Waals surface area (Å²) in [6.07, 6.45) is 2.87. The highest BCUT2D eigenvalue weighted by Crippen LogP contribution is 2.20. The summed E-state index contributed by atoms with van der Waals surface area (Å²) in [5, 5.41) is 4.32. The minimum Gasteiger partial charge on any atom is -0.337 e. The molecule has 4 nitrogen and oxygen atoms in total. The Labute approximate surface area is 113 Å². The van der Waals surface area contributed by atoms with Crippen molar-refractivity contribution in [2.75, 3.05) is 19.0 Å². The lowest BCUT2D eigenvalue weighted by Gasteiger charge is -2.30. The minimum atomic E-state index is 0.0951. The van der Waals surface area contributed by atoms with Gasteiger partial charge in [0.1, 0.15) is 5.69 Å². The highest BCUT2D eigenvalue weighted by atomic mass is 35.5. The van der Waals surface area contributed by atoms with Gasteiger partial charge in [0.25, 0.3) is 5.91 Å². The fraction of sp³-hybridized carbons (Fsp3) is 0.692. The maximum absolute atomic E-state index is 12.4. The van der Waals surface area contributed by atoms with Crippen molar-refractivity contribution in [1.82, 2.24) is 14.7 Å². The second-order valence-corrected chi connectivity index (χ2v) is 5.20. The van der Waals surface area contributed by atoms with E-state index in [1.807, 2.05) is 24.9 Å². The van der Waals surface area contributed by atoms with E-state index < -0.39 is 0 Å². The highest BCUT2D eigenvalue weighted by molar-refractivity contribution is 6.18. The first-order valence-electron chi connectivity index (χ1n) is 6.53. The summed E-state index contributed by atoms with van der Waals surface area (Å²) in [6.45, 7) is 3.66. The molecule has 1 amide bonds. The molecular formula is C13H20ClN3O. The molecule has 0 saturated carbocycles. The van der Waals surface area contributed by atoms with Gasteiger partial charge in [-0.25, -0.2) is 0 Å². The van der Waals surface area contributed by atoms with Crippen LogP contribution in [0, 0.1) is 5.92 Å². The van der Waals surface area contributed by atoms with Crippen molar-refractivity contribution in [1.29, 1.82) is 0 Å². The van der Waals surface area contributed by atoms with Crippen molar-refractivity contribution < 1.29 is 4.79 Å². The molecule has 2 rings (SSSR count). The highest BCUT2D eigenvalue weighted by Gasteiger charge is 2.25. The number of hydrogen-bond acceptors (Lipinski definition) is 2. The van der Waals surface area contributed by atoms with E-state index in [1.165, 1.54) is 0 Å². The third kappa shape index (κ3) is 2.69. The van der Waals surface area contributed by atoms with Gasteiger partial charge in [-0.2, -0.15) is 5.10 Å². The molecule has 100 valence electrons. The molecule has 0 aliphatic carbocycles. The van der Waals surface area contributed by atoms with E-state index >= 15 is 0 Å². The van der Waals surface area contributed by atoms with Crippen molar-refractivity contribution in [2.24, 2.45) is 13.0 Å². The molecule has 0 spiro atoms. The largest absolute Gasteiger partial charge is 0.337 e. The molecule has 1 aliphatic rings. The fourth-order valence-electron chi connectivity index (χ4n) is 2.35. The van der Waals surface area contributed by atoms with Crippen molar-refractivity contribution in [3.63, 3.8) is 0 Å². The number of carbonyl (C=O) groups excluding carboxylic acids is 1. The van der Waals surface area contributed by atoms with Gasteiger partial charge in [0.2, 0.25) is 0 Å². The van der Waals surface area contributed by atoms with Gasteiger partial charge < -0.3 is 4.90 Å². The number of likely N-dealkylation sites (tertiary alicyclic amines) is 1. The van der Waals surface area contributed by atoms with Crippen molar-refractivity contribution in [2.45, 2.75) is 26.2 Å². The lowest BCUT2D eigenvalue weighted by Crippen LogP contribution is -2.39. The van der Waals surface area contributed by atoms with Crippen LogP contribution in [0.2, 0.25) is 0 Å². The zero-order valence-electron chi connectivity index (χ0n) is 11.0. The topological polar surface area (TPSA) is 38.1 Å². The molecule has 0 aromatic carbocycles. The number of nitrogens with zero attached hydrogens (tertiary/aromatic N) is 3. The maximum atomic E-state index is 12.4. The first-order valence-corrected chi connectivity index (χ1v) is 7.07. The van der Waals surface area contributed by atoms with E-state index in [1.54, 1.807) is 4.68 Å². The standard InChI is InChI=1S/C13H20ClN3O/c1-3-11-8-12(16(2)15-11)13(18)17-6-4-10(9-14)5-7-17/h8,10H,3-7,9H2,1-2H3. The van der Waals surface area contributed by atoms with Gasteiger partial charge >= 0.3 is 0 Å². The smallest absolute Gasteiger partial charge is 0.272 e. The lowest BCUT2D eigenvalue weighted by atomic mass is 9.99. The van der Waals surface area contributed by atoms with Crippen molar-refractivity contribution >= 4 is 17.5 Å². The van der Waals surface area contributed by atoms with Crippen molar-refractivity contribution in [3.8, 4) is 0 Å². The van der Waals surface area contributed by atoms with Gasteiger partial charge in [0.05, 0.1) is 5.69 Å². The quantitative estimate of drug-likeness (QED) is 0.788. The summed E-state index contributed by atoms with van der Waals surface area (Å²) in [7, 11) is 1.83. The van der Waals surface area contributed by atoms with E-state index in [-0.39, 0.29) is 5.91 Å². The number of piperidine rings is 1. The molecule has 1 fully saturated rings. The number of hydrogen-bond donors (Lipinski definition) is 0. The van der Waals surface area contributed by atoms with Crippen molar-refractivity contribution in [3.05, 3.63) is 17.5 Å². The molecule has 0 radical (unpaired) electrons. The monoisotopic (exact) mass is 269 g/mol. The summed E-state index contributed by atoms with van der Waals surface area (Å²) in [6, 6.07) is 1.90. The Bertz CT molecular complexity index is 422. The molecule has 18 heavy (non-hydrogen) atoms. The number of rotatable bonds is 3. The first-order chi connectivity index (χ1) is 8.65. The van der Waals surface area contributed by atoms with Crippen LogP contribution in [0.15, 0.2) is 6.07 Å². The van der Waals surface area contributed by atoms with Gasteiger partial charge in [0.15, 0.2) is 0 Å². The Hall–Kier alpha value is -1.03. The van der Waals surface area contributed by atoms with E-state index in [2.05, 4.69) is 5.10 Å². The zero-order valence-corrected chi connectivity index (χ0v) is 11.8. The Kier molecular flexibility index (Phi) is 4.27. The Morgan fingerprint density at radius 2 is 2.17 bits per heavy atom. The molecule has 0 unspecified atom stereocenters. The average Bonchev–Trinajstić information content (AvgIpc) is 2.79. The maximum Gasteiger partial charge on any atom is 0.272 e. The number of amides is 1. The summed E-state index contributed by atoms with van der Waals surface area (Å²) in [4.78, 5) is 14.3. The molecule has 0 atom stereocenters. The van der Waals surface area contributed by atoms with E-state index in [4.69, 9.17) is 11.6 Å².